The predicted molar refractivity (Wildman–Crippen MR) is 58.0 cm³/mol. The molecule has 14 heavy (non-hydrogen) atoms. The van der Waals surface area contributed by atoms with E-state index in [1.54, 1.807) is 12.5 Å². The van der Waals surface area contributed by atoms with E-state index in [0.29, 0.717) is 11.7 Å². The first kappa shape index (κ1) is 9.58. The fourth-order valence-corrected chi connectivity index (χ4v) is 1.58. The van der Waals surface area contributed by atoms with E-state index in [1.165, 1.54) is 0 Å². The number of aromatic nitrogens is 4. The van der Waals surface area contributed by atoms with Crippen LogP contribution in [0.3, 0.4) is 0 Å². The summed E-state index contributed by atoms with van der Waals surface area (Å²) in [4.78, 5) is 12.7. The second-order valence-electron chi connectivity index (χ2n) is 3.25. The Labute approximate surface area is 90.5 Å². The lowest BCUT2D eigenvalue weighted by atomic mass is 10.2. The summed E-state index contributed by atoms with van der Waals surface area (Å²) in [5.41, 5.74) is 1.54. The average molecular weight is 255 g/mol. The predicted octanol–water partition coefficient (Wildman–Crippen LogP) is 2.56. The van der Waals surface area contributed by atoms with Gasteiger partial charge in [0.05, 0.1) is 12.5 Å². The van der Waals surface area contributed by atoms with Crippen LogP contribution in [0.15, 0.2) is 17.1 Å². The molecule has 2 aromatic heterocycles. The second kappa shape index (κ2) is 3.65. The van der Waals surface area contributed by atoms with Crippen molar-refractivity contribution in [2.75, 3.05) is 0 Å². The quantitative estimate of drug-likeness (QED) is 0.828. The highest BCUT2D eigenvalue weighted by atomic mass is 79.9. The third-order valence-electron chi connectivity index (χ3n) is 2.32. The number of hydrogen-bond acceptors (Lipinski definition) is 3. The molecule has 4 nitrogen and oxygen atoms in total. The molecule has 0 radical (unpaired) electrons. The van der Waals surface area contributed by atoms with E-state index in [1.807, 2.05) is 4.57 Å². The molecule has 0 aliphatic carbocycles. The van der Waals surface area contributed by atoms with Crippen LogP contribution in [0.2, 0.25) is 0 Å². The van der Waals surface area contributed by atoms with Gasteiger partial charge in [0.1, 0.15) is 4.60 Å². The van der Waals surface area contributed by atoms with E-state index in [0.717, 1.165) is 16.7 Å². The monoisotopic (exact) mass is 254 g/mol. The van der Waals surface area contributed by atoms with Crippen LogP contribution in [0.4, 0.5) is 0 Å². The number of rotatable bonds is 2. The molecule has 0 aliphatic rings. The smallest absolute Gasteiger partial charge is 0.197 e. The Morgan fingerprint density at radius 3 is 3.00 bits per heavy atom. The van der Waals surface area contributed by atoms with E-state index in [2.05, 4.69) is 44.7 Å². The fourth-order valence-electron chi connectivity index (χ4n) is 1.31. The van der Waals surface area contributed by atoms with Gasteiger partial charge in [0.15, 0.2) is 11.3 Å². The van der Waals surface area contributed by atoms with Gasteiger partial charge < -0.3 is 4.57 Å². The molecule has 0 saturated carbocycles. The van der Waals surface area contributed by atoms with Gasteiger partial charge in [-0.05, 0) is 29.3 Å². The molecule has 74 valence electrons. The zero-order chi connectivity index (χ0) is 10.1. The van der Waals surface area contributed by atoms with Crippen LogP contribution in [-0.2, 0) is 0 Å². The third kappa shape index (κ3) is 1.52. The number of fused-ring (bicyclic) bond motifs is 1. The van der Waals surface area contributed by atoms with Gasteiger partial charge in [0.2, 0.25) is 0 Å². The standard InChI is InChI=1S/C9H11BrN4/c1-3-6(2)14-5-12-8-9(14)13-7(10)4-11-8/h4-6H,3H2,1-2H3/t6-/m0/s1. The molecule has 0 spiro atoms. The minimum absolute atomic E-state index is 0.406. The van der Waals surface area contributed by atoms with Crippen molar-refractivity contribution < 1.29 is 0 Å². The first-order valence-electron chi connectivity index (χ1n) is 4.57. The van der Waals surface area contributed by atoms with Crippen molar-refractivity contribution in [1.29, 1.82) is 0 Å². The van der Waals surface area contributed by atoms with E-state index in [-0.39, 0.29) is 0 Å². The van der Waals surface area contributed by atoms with Crippen molar-refractivity contribution in [3.8, 4) is 0 Å². The van der Waals surface area contributed by atoms with E-state index in [4.69, 9.17) is 0 Å². The van der Waals surface area contributed by atoms with Crippen LogP contribution in [0.1, 0.15) is 26.3 Å². The van der Waals surface area contributed by atoms with Gasteiger partial charge in [-0.1, -0.05) is 6.92 Å². The molecule has 0 fully saturated rings. The molecule has 0 unspecified atom stereocenters. The lowest BCUT2D eigenvalue weighted by Gasteiger charge is -2.10. The highest BCUT2D eigenvalue weighted by molar-refractivity contribution is 9.10. The zero-order valence-corrected chi connectivity index (χ0v) is 9.69. The molecule has 2 rings (SSSR count). The summed E-state index contributed by atoms with van der Waals surface area (Å²) in [6.07, 6.45) is 4.52. The van der Waals surface area contributed by atoms with Crippen LogP contribution >= 0.6 is 15.9 Å². The van der Waals surface area contributed by atoms with Crippen molar-refractivity contribution in [2.24, 2.45) is 0 Å². The Balaban J connectivity index is 2.61. The normalized spacial score (nSPS) is 13.4. The number of hydrogen-bond donors (Lipinski definition) is 0. The molecule has 0 N–H and O–H groups in total. The highest BCUT2D eigenvalue weighted by Gasteiger charge is 2.09. The minimum Gasteiger partial charge on any atom is -0.311 e. The lowest BCUT2D eigenvalue weighted by molar-refractivity contribution is 0.541. The Kier molecular flexibility index (Phi) is 2.50. The third-order valence-corrected chi connectivity index (χ3v) is 2.70. The van der Waals surface area contributed by atoms with Gasteiger partial charge in [-0.2, -0.15) is 0 Å². The summed E-state index contributed by atoms with van der Waals surface area (Å²) in [7, 11) is 0. The molecule has 0 amide bonds. The average Bonchev–Trinajstić information content (AvgIpc) is 2.59. The summed E-state index contributed by atoms with van der Waals surface area (Å²) < 4.78 is 2.79. The number of halogens is 1. The van der Waals surface area contributed by atoms with Gasteiger partial charge >= 0.3 is 0 Å². The van der Waals surface area contributed by atoms with Crippen molar-refractivity contribution in [3.63, 3.8) is 0 Å². The maximum atomic E-state index is 4.36. The van der Waals surface area contributed by atoms with Gasteiger partial charge in [-0.15, -0.1) is 0 Å². The summed E-state index contributed by atoms with van der Waals surface area (Å²) in [5.74, 6) is 0. The summed E-state index contributed by atoms with van der Waals surface area (Å²) in [6, 6.07) is 0.406. The largest absolute Gasteiger partial charge is 0.311 e. The molecule has 0 bridgehead atoms. The van der Waals surface area contributed by atoms with E-state index < -0.39 is 0 Å². The first-order chi connectivity index (χ1) is 6.72. The summed E-state index contributed by atoms with van der Waals surface area (Å²) in [6.45, 7) is 4.28. The van der Waals surface area contributed by atoms with Gasteiger partial charge in [0, 0.05) is 6.04 Å². The Morgan fingerprint density at radius 1 is 1.50 bits per heavy atom. The Bertz CT molecular complexity index is 451. The second-order valence-corrected chi connectivity index (χ2v) is 4.06. The van der Waals surface area contributed by atoms with E-state index >= 15 is 0 Å². The zero-order valence-electron chi connectivity index (χ0n) is 8.11. The van der Waals surface area contributed by atoms with Crippen molar-refractivity contribution in [3.05, 3.63) is 17.1 Å². The van der Waals surface area contributed by atoms with Crippen LogP contribution in [0.25, 0.3) is 11.3 Å². The van der Waals surface area contributed by atoms with Crippen molar-refractivity contribution in [2.45, 2.75) is 26.3 Å². The van der Waals surface area contributed by atoms with E-state index in [9.17, 15) is 0 Å². The molecule has 5 heteroatoms. The molecule has 2 aromatic rings. The minimum atomic E-state index is 0.406. The van der Waals surface area contributed by atoms with Crippen molar-refractivity contribution >= 4 is 27.2 Å². The number of nitrogens with zero attached hydrogens (tertiary/aromatic N) is 4. The van der Waals surface area contributed by atoms with Gasteiger partial charge in [-0.3, -0.25) is 0 Å². The first-order valence-corrected chi connectivity index (χ1v) is 5.36. The topological polar surface area (TPSA) is 43.6 Å². The highest BCUT2D eigenvalue weighted by Crippen LogP contribution is 2.17. The molecule has 0 aliphatic heterocycles. The summed E-state index contributed by atoms with van der Waals surface area (Å²) >= 11 is 3.31. The van der Waals surface area contributed by atoms with Gasteiger partial charge in [-0.25, -0.2) is 15.0 Å². The van der Waals surface area contributed by atoms with Crippen LogP contribution in [-0.4, -0.2) is 19.5 Å². The molecular formula is C9H11BrN4. The summed E-state index contributed by atoms with van der Waals surface area (Å²) in [5, 5.41) is 0. The fraction of sp³-hybridized carbons (Fsp3) is 0.444. The molecule has 1 atom stereocenters. The van der Waals surface area contributed by atoms with Crippen LogP contribution in [0, 0.1) is 0 Å². The molecule has 0 saturated heterocycles. The maximum Gasteiger partial charge on any atom is 0.197 e. The Morgan fingerprint density at radius 2 is 2.29 bits per heavy atom. The Hall–Kier alpha value is -0.970. The molecular weight excluding hydrogens is 244 g/mol. The molecule has 0 aromatic carbocycles. The number of imidazole rings is 1. The van der Waals surface area contributed by atoms with Crippen molar-refractivity contribution in [1.82, 2.24) is 19.5 Å². The van der Waals surface area contributed by atoms with Gasteiger partial charge in [0.25, 0.3) is 0 Å². The molecule has 2 heterocycles. The SMILES string of the molecule is CC[C@H](C)n1cnc2ncc(Br)nc21. The van der Waals surface area contributed by atoms with Crippen LogP contribution < -0.4 is 0 Å². The van der Waals surface area contributed by atoms with Crippen LogP contribution in [0.5, 0.6) is 0 Å². The maximum absolute atomic E-state index is 4.36. The lowest BCUT2D eigenvalue weighted by Crippen LogP contribution is -2.03.